The first-order valence-corrected chi connectivity index (χ1v) is 9.25. The molecule has 0 unspecified atom stereocenters. The molecule has 2 aliphatic heterocycles. The van der Waals surface area contributed by atoms with Gasteiger partial charge in [0.05, 0.1) is 5.69 Å². The summed E-state index contributed by atoms with van der Waals surface area (Å²) in [5.74, 6) is -0.117. The molecule has 0 aromatic heterocycles. The van der Waals surface area contributed by atoms with Crippen molar-refractivity contribution in [3.8, 4) is 0 Å². The van der Waals surface area contributed by atoms with Crippen LogP contribution in [0, 0.1) is 0 Å². The Morgan fingerprint density at radius 3 is 2.48 bits per heavy atom. The lowest BCUT2D eigenvalue weighted by molar-refractivity contribution is -0.116. The van der Waals surface area contributed by atoms with E-state index in [0.717, 1.165) is 22.9 Å². The summed E-state index contributed by atoms with van der Waals surface area (Å²) >= 11 is 3.39. The van der Waals surface area contributed by atoms with Crippen molar-refractivity contribution in [1.82, 2.24) is 4.31 Å². The van der Waals surface area contributed by atoms with Crippen molar-refractivity contribution in [2.45, 2.75) is 31.1 Å². The fraction of sp³-hybridized carbons (Fsp3) is 0.500. The van der Waals surface area contributed by atoms with E-state index < -0.39 is 10.0 Å². The van der Waals surface area contributed by atoms with Gasteiger partial charge in [0.1, 0.15) is 4.90 Å². The van der Waals surface area contributed by atoms with E-state index in [-0.39, 0.29) is 10.8 Å². The molecule has 0 N–H and O–H groups in total. The van der Waals surface area contributed by atoms with Gasteiger partial charge in [-0.2, -0.15) is 4.31 Å². The van der Waals surface area contributed by atoms with Crippen molar-refractivity contribution in [3.63, 3.8) is 0 Å². The Kier molecular flexibility index (Phi) is 3.83. The van der Waals surface area contributed by atoms with Gasteiger partial charge in [-0.3, -0.25) is 4.79 Å². The molecule has 0 bridgehead atoms. The highest BCUT2D eigenvalue weighted by molar-refractivity contribution is 9.10. The molecule has 5 nitrogen and oxygen atoms in total. The summed E-state index contributed by atoms with van der Waals surface area (Å²) in [6.07, 6.45) is 2.48. The summed E-state index contributed by atoms with van der Waals surface area (Å²) in [4.78, 5) is 13.6. The number of hydrogen-bond acceptors (Lipinski definition) is 3. The van der Waals surface area contributed by atoms with Crippen LogP contribution in [0.25, 0.3) is 0 Å². The molecule has 7 heteroatoms. The minimum atomic E-state index is -3.54. The van der Waals surface area contributed by atoms with Gasteiger partial charge >= 0.3 is 0 Å². The second-order valence-corrected chi connectivity index (χ2v) is 8.27. The Bertz CT molecular complexity index is 696. The van der Waals surface area contributed by atoms with Gasteiger partial charge in [0.2, 0.25) is 15.9 Å². The zero-order valence-corrected chi connectivity index (χ0v) is 14.2. The first kappa shape index (κ1) is 15.0. The summed E-state index contributed by atoms with van der Waals surface area (Å²) in [6, 6.07) is 3.52. The fourth-order valence-corrected chi connectivity index (χ4v) is 5.48. The number of rotatable bonds is 2. The highest BCUT2D eigenvalue weighted by atomic mass is 79.9. The lowest BCUT2D eigenvalue weighted by atomic mass is 10.2. The first-order chi connectivity index (χ1) is 9.91. The second kappa shape index (κ2) is 5.37. The number of nitrogens with zero attached hydrogens (tertiary/aromatic N) is 2. The van der Waals surface area contributed by atoms with Gasteiger partial charge in [0.15, 0.2) is 0 Å². The summed E-state index contributed by atoms with van der Waals surface area (Å²) in [7, 11) is -3.54. The molecule has 1 saturated heterocycles. The maximum Gasteiger partial charge on any atom is 0.245 e. The van der Waals surface area contributed by atoms with Gasteiger partial charge in [-0.15, -0.1) is 0 Å². The van der Waals surface area contributed by atoms with E-state index in [2.05, 4.69) is 15.9 Å². The Labute approximate surface area is 133 Å². The maximum atomic E-state index is 12.9. The maximum absolute atomic E-state index is 12.9. The minimum Gasteiger partial charge on any atom is -0.311 e. The standard InChI is InChI=1S/C14H17BrN2O3S/c1-10(18)17-7-4-11-8-12(15)9-13(14(11)17)21(19,20)16-5-2-3-6-16/h8-9H,2-7H2,1H3. The summed E-state index contributed by atoms with van der Waals surface area (Å²) in [6.45, 7) is 3.14. The number of anilines is 1. The van der Waals surface area contributed by atoms with Crippen LogP contribution in [-0.2, 0) is 21.2 Å². The molecule has 2 heterocycles. The minimum absolute atomic E-state index is 0.117. The molecule has 1 aromatic rings. The number of sulfonamides is 1. The van der Waals surface area contributed by atoms with E-state index in [0.29, 0.717) is 31.7 Å². The molecule has 1 amide bonds. The SMILES string of the molecule is CC(=O)N1CCc2cc(Br)cc(S(=O)(=O)N3CCCC3)c21. The van der Waals surface area contributed by atoms with Crippen molar-refractivity contribution in [1.29, 1.82) is 0 Å². The molecular weight excluding hydrogens is 356 g/mol. The van der Waals surface area contributed by atoms with E-state index in [1.165, 1.54) is 11.2 Å². The van der Waals surface area contributed by atoms with Crippen LogP contribution >= 0.6 is 15.9 Å². The van der Waals surface area contributed by atoms with Gasteiger partial charge in [-0.05, 0) is 37.0 Å². The molecule has 1 fully saturated rings. The molecule has 21 heavy (non-hydrogen) atoms. The third kappa shape index (κ3) is 2.51. The average Bonchev–Trinajstić information content (AvgIpc) is 3.06. The normalized spacial score (nSPS) is 19.0. The van der Waals surface area contributed by atoms with E-state index in [9.17, 15) is 13.2 Å². The Balaban J connectivity index is 2.17. The number of carbonyl (C=O) groups is 1. The van der Waals surface area contributed by atoms with Crippen LogP contribution in [0.5, 0.6) is 0 Å². The Morgan fingerprint density at radius 2 is 1.86 bits per heavy atom. The van der Waals surface area contributed by atoms with Crippen LogP contribution in [0.15, 0.2) is 21.5 Å². The predicted molar refractivity (Wildman–Crippen MR) is 83.9 cm³/mol. The Hall–Kier alpha value is -0.920. The highest BCUT2D eigenvalue weighted by Crippen LogP contribution is 2.39. The smallest absolute Gasteiger partial charge is 0.245 e. The van der Waals surface area contributed by atoms with Gasteiger partial charge in [0.25, 0.3) is 0 Å². The van der Waals surface area contributed by atoms with Crippen LogP contribution in [0.4, 0.5) is 5.69 Å². The monoisotopic (exact) mass is 372 g/mol. The molecule has 0 radical (unpaired) electrons. The second-order valence-electron chi connectivity index (χ2n) is 5.44. The number of fused-ring (bicyclic) bond motifs is 1. The largest absolute Gasteiger partial charge is 0.311 e. The van der Waals surface area contributed by atoms with E-state index in [4.69, 9.17) is 0 Å². The van der Waals surface area contributed by atoms with Gasteiger partial charge in [-0.25, -0.2) is 8.42 Å². The molecule has 2 aliphatic rings. The molecule has 0 spiro atoms. The first-order valence-electron chi connectivity index (χ1n) is 7.02. The van der Waals surface area contributed by atoms with Gasteiger partial charge in [0, 0.05) is 31.0 Å². The van der Waals surface area contributed by atoms with Crippen molar-refractivity contribution >= 4 is 37.5 Å². The zero-order chi connectivity index (χ0) is 15.2. The molecule has 1 aromatic carbocycles. The van der Waals surface area contributed by atoms with Crippen LogP contribution in [0.2, 0.25) is 0 Å². The lowest BCUT2D eigenvalue weighted by Crippen LogP contribution is -2.31. The van der Waals surface area contributed by atoms with E-state index in [1.54, 1.807) is 11.0 Å². The summed E-state index contributed by atoms with van der Waals surface area (Å²) in [5.41, 5.74) is 1.48. The third-order valence-electron chi connectivity index (χ3n) is 4.06. The molecular formula is C14H17BrN2O3S. The number of carbonyl (C=O) groups excluding carboxylic acids is 1. The fourth-order valence-electron chi connectivity index (χ4n) is 3.05. The zero-order valence-electron chi connectivity index (χ0n) is 11.8. The average molecular weight is 373 g/mol. The highest BCUT2D eigenvalue weighted by Gasteiger charge is 2.35. The molecule has 3 rings (SSSR count). The van der Waals surface area contributed by atoms with Crippen LogP contribution in [0.1, 0.15) is 25.3 Å². The van der Waals surface area contributed by atoms with Crippen molar-refractivity contribution < 1.29 is 13.2 Å². The Morgan fingerprint density at radius 1 is 1.19 bits per heavy atom. The van der Waals surface area contributed by atoms with Crippen molar-refractivity contribution in [3.05, 3.63) is 22.2 Å². The molecule has 0 aliphatic carbocycles. The lowest BCUT2D eigenvalue weighted by Gasteiger charge is -2.22. The van der Waals surface area contributed by atoms with Gasteiger partial charge < -0.3 is 4.90 Å². The van der Waals surface area contributed by atoms with Crippen molar-refractivity contribution in [2.75, 3.05) is 24.5 Å². The van der Waals surface area contributed by atoms with Crippen LogP contribution in [0.3, 0.4) is 0 Å². The van der Waals surface area contributed by atoms with Crippen molar-refractivity contribution in [2.24, 2.45) is 0 Å². The van der Waals surface area contributed by atoms with Crippen LogP contribution < -0.4 is 4.90 Å². The van der Waals surface area contributed by atoms with E-state index >= 15 is 0 Å². The number of benzene rings is 1. The topological polar surface area (TPSA) is 57.7 Å². The van der Waals surface area contributed by atoms with E-state index in [1.807, 2.05) is 6.07 Å². The van der Waals surface area contributed by atoms with Gasteiger partial charge in [-0.1, -0.05) is 15.9 Å². The van der Waals surface area contributed by atoms with Crippen LogP contribution in [-0.4, -0.2) is 38.3 Å². The molecule has 114 valence electrons. The molecule has 0 atom stereocenters. The number of amides is 1. The summed E-state index contributed by atoms with van der Waals surface area (Å²) in [5, 5.41) is 0. The summed E-state index contributed by atoms with van der Waals surface area (Å²) < 4.78 is 28.0. The molecule has 0 saturated carbocycles. The third-order valence-corrected chi connectivity index (χ3v) is 6.43. The number of hydrogen-bond donors (Lipinski definition) is 0. The number of halogens is 1. The quantitative estimate of drug-likeness (QED) is 0.798. The predicted octanol–water partition coefficient (Wildman–Crippen LogP) is 2.14.